The first-order chi connectivity index (χ1) is 9.34. The summed E-state index contributed by atoms with van der Waals surface area (Å²) in [5.41, 5.74) is 0. The van der Waals surface area contributed by atoms with Crippen LogP contribution < -0.4 is 10.6 Å². The Kier molecular flexibility index (Phi) is 6.26. The van der Waals surface area contributed by atoms with Crippen LogP contribution in [0.5, 0.6) is 0 Å². The second-order valence-electron chi connectivity index (χ2n) is 5.82. The number of carbonyl (C=O) groups is 2. The van der Waals surface area contributed by atoms with Crippen LogP contribution in [0.4, 0.5) is 4.79 Å². The zero-order valence-corrected chi connectivity index (χ0v) is 13.3. The molecule has 1 fully saturated rings. The van der Waals surface area contributed by atoms with E-state index in [2.05, 4.69) is 29.4 Å². The lowest BCUT2D eigenvalue weighted by molar-refractivity contribution is -0.126. The minimum atomic E-state index is -0.144. The predicted molar refractivity (Wildman–Crippen MR) is 79.6 cm³/mol. The van der Waals surface area contributed by atoms with Gasteiger partial charge in [0.2, 0.25) is 5.91 Å². The maximum absolute atomic E-state index is 12.1. The summed E-state index contributed by atoms with van der Waals surface area (Å²) < 4.78 is 0. The van der Waals surface area contributed by atoms with Gasteiger partial charge in [-0.05, 0) is 33.6 Å². The van der Waals surface area contributed by atoms with E-state index in [1.54, 1.807) is 14.1 Å². The molecule has 1 aliphatic rings. The van der Waals surface area contributed by atoms with Crippen LogP contribution in [0.1, 0.15) is 33.6 Å². The maximum atomic E-state index is 12.1. The van der Waals surface area contributed by atoms with Crippen molar-refractivity contribution in [2.24, 2.45) is 0 Å². The fraction of sp³-hybridized carbons (Fsp3) is 0.857. The molecular weight excluding hydrogens is 256 g/mol. The SMILES string of the molecule is CC1CCC(C)N1C(C)C(=O)NCCNC(=O)N(C)C. The number of likely N-dealkylation sites (tertiary alicyclic amines) is 1. The molecule has 0 aromatic heterocycles. The summed E-state index contributed by atoms with van der Waals surface area (Å²) in [6.45, 7) is 7.20. The minimum absolute atomic E-state index is 0.0321. The number of hydrogen-bond acceptors (Lipinski definition) is 3. The molecule has 1 rings (SSSR count). The number of rotatable bonds is 5. The number of nitrogens with zero attached hydrogens (tertiary/aromatic N) is 2. The Labute approximate surface area is 121 Å². The smallest absolute Gasteiger partial charge is 0.316 e. The van der Waals surface area contributed by atoms with E-state index in [0.29, 0.717) is 25.2 Å². The van der Waals surface area contributed by atoms with Gasteiger partial charge in [-0.25, -0.2) is 4.79 Å². The van der Waals surface area contributed by atoms with Gasteiger partial charge >= 0.3 is 6.03 Å². The van der Waals surface area contributed by atoms with Gasteiger partial charge in [0.15, 0.2) is 0 Å². The average Bonchev–Trinajstić information content (AvgIpc) is 2.72. The molecule has 1 heterocycles. The van der Waals surface area contributed by atoms with Crippen molar-refractivity contribution < 1.29 is 9.59 Å². The highest BCUT2D eigenvalue weighted by Gasteiger charge is 2.34. The molecule has 20 heavy (non-hydrogen) atoms. The zero-order chi connectivity index (χ0) is 15.3. The Hall–Kier alpha value is -1.30. The van der Waals surface area contributed by atoms with Crippen molar-refractivity contribution in [3.63, 3.8) is 0 Å². The second kappa shape index (κ2) is 7.47. The average molecular weight is 284 g/mol. The van der Waals surface area contributed by atoms with Crippen molar-refractivity contribution >= 4 is 11.9 Å². The molecule has 6 nitrogen and oxygen atoms in total. The molecule has 0 aliphatic carbocycles. The molecule has 0 aromatic rings. The Morgan fingerprint density at radius 2 is 1.65 bits per heavy atom. The first-order valence-electron chi connectivity index (χ1n) is 7.35. The Bertz CT molecular complexity index is 336. The van der Waals surface area contributed by atoms with E-state index in [1.807, 2.05) is 6.92 Å². The molecule has 0 bridgehead atoms. The Balaban J connectivity index is 2.30. The van der Waals surface area contributed by atoms with Crippen LogP contribution in [0.2, 0.25) is 0 Å². The third kappa shape index (κ3) is 4.37. The van der Waals surface area contributed by atoms with E-state index < -0.39 is 0 Å². The lowest BCUT2D eigenvalue weighted by Gasteiger charge is -2.31. The maximum Gasteiger partial charge on any atom is 0.316 e. The lowest BCUT2D eigenvalue weighted by Crippen LogP contribution is -2.50. The fourth-order valence-electron chi connectivity index (χ4n) is 2.77. The predicted octanol–water partition coefficient (Wildman–Crippen LogP) is 0.635. The highest BCUT2D eigenvalue weighted by Crippen LogP contribution is 2.25. The summed E-state index contributed by atoms with van der Waals surface area (Å²) in [4.78, 5) is 27.2. The van der Waals surface area contributed by atoms with E-state index in [9.17, 15) is 9.59 Å². The standard InChI is InChI=1S/C14H28N4O2/c1-10-6-7-11(2)18(10)12(3)13(19)15-8-9-16-14(20)17(4)5/h10-12H,6-9H2,1-5H3,(H,15,19)(H,16,20). The summed E-state index contributed by atoms with van der Waals surface area (Å²) >= 11 is 0. The quantitative estimate of drug-likeness (QED) is 0.728. The van der Waals surface area contributed by atoms with E-state index in [-0.39, 0.29) is 18.0 Å². The Morgan fingerprint density at radius 3 is 2.15 bits per heavy atom. The topological polar surface area (TPSA) is 64.7 Å². The molecule has 3 amide bonds. The molecule has 6 heteroatoms. The highest BCUT2D eigenvalue weighted by molar-refractivity contribution is 5.81. The van der Waals surface area contributed by atoms with Crippen molar-refractivity contribution in [1.82, 2.24) is 20.4 Å². The van der Waals surface area contributed by atoms with Gasteiger partial charge in [-0.15, -0.1) is 0 Å². The van der Waals surface area contributed by atoms with Gasteiger partial charge in [-0.2, -0.15) is 0 Å². The van der Waals surface area contributed by atoms with Crippen LogP contribution in [-0.2, 0) is 4.79 Å². The van der Waals surface area contributed by atoms with Crippen LogP contribution in [-0.4, -0.2) is 67.0 Å². The first-order valence-corrected chi connectivity index (χ1v) is 7.35. The summed E-state index contributed by atoms with van der Waals surface area (Å²) in [5.74, 6) is 0.0321. The van der Waals surface area contributed by atoms with Crippen LogP contribution >= 0.6 is 0 Å². The van der Waals surface area contributed by atoms with E-state index in [4.69, 9.17) is 0 Å². The molecule has 3 unspecified atom stereocenters. The van der Waals surface area contributed by atoms with Crippen molar-refractivity contribution in [3.05, 3.63) is 0 Å². The second-order valence-corrected chi connectivity index (χ2v) is 5.82. The molecule has 0 spiro atoms. The summed E-state index contributed by atoms with van der Waals surface area (Å²) in [5, 5.41) is 5.60. The summed E-state index contributed by atoms with van der Waals surface area (Å²) in [6, 6.07) is 0.652. The number of amides is 3. The van der Waals surface area contributed by atoms with Gasteiger partial charge in [-0.1, -0.05) is 0 Å². The lowest BCUT2D eigenvalue weighted by atomic mass is 10.2. The molecule has 1 aliphatic heterocycles. The molecule has 3 atom stereocenters. The number of nitrogens with one attached hydrogen (secondary N) is 2. The van der Waals surface area contributed by atoms with Crippen LogP contribution in [0.15, 0.2) is 0 Å². The zero-order valence-electron chi connectivity index (χ0n) is 13.3. The van der Waals surface area contributed by atoms with Crippen molar-refractivity contribution in [2.75, 3.05) is 27.2 Å². The van der Waals surface area contributed by atoms with Gasteiger partial charge in [-0.3, -0.25) is 9.69 Å². The number of urea groups is 1. The van der Waals surface area contributed by atoms with Gasteiger partial charge in [0, 0.05) is 39.3 Å². The largest absolute Gasteiger partial charge is 0.353 e. The summed E-state index contributed by atoms with van der Waals surface area (Å²) in [7, 11) is 3.37. The fourth-order valence-corrected chi connectivity index (χ4v) is 2.77. The minimum Gasteiger partial charge on any atom is -0.353 e. The van der Waals surface area contributed by atoms with E-state index in [1.165, 1.54) is 4.90 Å². The summed E-state index contributed by atoms with van der Waals surface area (Å²) in [6.07, 6.45) is 2.30. The van der Waals surface area contributed by atoms with Crippen LogP contribution in [0.3, 0.4) is 0 Å². The molecule has 0 radical (unpaired) electrons. The molecule has 1 saturated heterocycles. The first kappa shape index (κ1) is 16.8. The Morgan fingerprint density at radius 1 is 1.15 bits per heavy atom. The van der Waals surface area contributed by atoms with Crippen LogP contribution in [0.25, 0.3) is 0 Å². The molecule has 0 aromatic carbocycles. The van der Waals surface area contributed by atoms with Crippen molar-refractivity contribution in [3.8, 4) is 0 Å². The third-order valence-electron chi connectivity index (χ3n) is 3.95. The van der Waals surface area contributed by atoms with E-state index >= 15 is 0 Å². The van der Waals surface area contributed by atoms with Crippen molar-refractivity contribution in [2.45, 2.75) is 51.7 Å². The molecule has 116 valence electrons. The normalized spacial score (nSPS) is 24.2. The molecule has 2 N–H and O–H groups in total. The van der Waals surface area contributed by atoms with E-state index in [0.717, 1.165) is 12.8 Å². The number of hydrogen-bond donors (Lipinski definition) is 2. The van der Waals surface area contributed by atoms with Gasteiger partial charge in [0.1, 0.15) is 0 Å². The van der Waals surface area contributed by atoms with Crippen molar-refractivity contribution in [1.29, 1.82) is 0 Å². The van der Waals surface area contributed by atoms with Gasteiger partial charge in [0.25, 0.3) is 0 Å². The van der Waals surface area contributed by atoms with Gasteiger partial charge in [0.05, 0.1) is 6.04 Å². The third-order valence-corrected chi connectivity index (χ3v) is 3.95. The highest BCUT2D eigenvalue weighted by atomic mass is 16.2. The molecule has 0 saturated carbocycles. The number of carbonyl (C=O) groups excluding carboxylic acids is 2. The van der Waals surface area contributed by atoms with Crippen LogP contribution in [0, 0.1) is 0 Å². The van der Waals surface area contributed by atoms with Gasteiger partial charge < -0.3 is 15.5 Å². The molecular formula is C14H28N4O2. The monoisotopic (exact) mass is 284 g/mol.